The van der Waals surface area contributed by atoms with Crippen molar-refractivity contribution in [2.75, 3.05) is 6.61 Å². The van der Waals surface area contributed by atoms with Crippen LogP contribution in [0.3, 0.4) is 0 Å². The second kappa shape index (κ2) is 6.61. The monoisotopic (exact) mass is 290 g/mol. The van der Waals surface area contributed by atoms with Crippen LogP contribution in [-0.4, -0.2) is 23.7 Å². The van der Waals surface area contributed by atoms with Gasteiger partial charge in [-0.3, -0.25) is 4.79 Å². The number of carbonyl (C=O) groups excluding carboxylic acids is 2. The molecule has 104 valence electrons. The molecule has 1 aromatic carbocycles. The van der Waals surface area contributed by atoms with E-state index in [0.717, 1.165) is 12.1 Å². The van der Waals surface area contributed by atoms with Crippen molar-refractivity contribution >= 4 is 23.4 Å². The predicted octanol–water partition coefficient (Wildman–Crippen LogP) is 3.61. The van der Waals surface area contributed by atoms with E-state index in [1.807, 2.05) is 0 Å². The molecule has 1 aromatic rings. The minimum atomic E-state index is -2.79. The molecule has 6 heteroatoms. The molecule has 0 aromatic heterocycles. The Morgan fingerprint density at radius 1 is 1.26 bits per heavy atom. The number of carbonyl (C=O) groups is 2. The van der Waals surface area contributed by atoms with E-state index in [1.54, 1.807) is 6.92 Å². The molecule has 0 saturated carbocycles. The fourth-order valence-corrected chi connectivity index (χ4v) is 1.61. The summed E-state index contributed by atoms with van der Waals surface area (Å²) in [6, 6.07) is 3.26. The average Bonchev–Trinajstić information content (AvgIpc) is 2.37. The lowest BCUT2D eigenvalue weighted by molar-refractivity contribution is 0.0526. The van der Waals surface area contributed by atoms with Gasteiger partial charge in [-0.1, -0.05) is 0 Å². The van der Waals surface area contributed by atoms with Crippen molar-refractivity contribution in [1.82, 2.24) is 0 Å². The fraction of sp³-hybridized carbons (Fsp3) is 0.385. The van der Waals surface area contributed by atoms with E-state index in [1.165, 1.54) is 13.0 Å². The number of rotatable bonds is 5. The Morgan fingerprint density at radius 3 is 2.32 bits per heavy atom. The van der Waals surface area contributed by atoms with Gasteiger partial charge in [-0.25, -0.2) is 13.6 Å². The molecular formula is C13H13ClF2O3. The summed E-state index contributed by atoms with van der Waals surface area (Å²) in [4.78, 5) is 23.3. The van der Waals surface area contributed by atoms with E-state index in [4.69, 9.17) is 16.3 Å². The third kappa shape index (κ3) is 3.99. The minimum absolute atomic E-state index is 0.0247. The Balaban J connectivity index is 3.25. The van der Waals surface area contributed by atoms with Gasteiger partial charge in [0.2, 0.25) is 0 Å². The van der Waals surface area contributed by atoms with Gasteiger partial charge in [0.1, 0.15) is 0 Å². The smallest absolute Gasteiger partial charge is 0.338 e. The van der Waals surface area contributed by atoms with Crippen LogP contribution in [0.5, 0.6) is 0 Å². The van der Waals surface area contributed by atoms with Gasteiger partial charge < -0.3 is 4.74 Å². The topological polar surface area (TPSA) is 43.4 Å². The minimum Gasteiger partial charge on any atom is -0.462 e. The van der Waals surface area contributed by atoms with Gasteiger partial charge in [0.15, 0.2) is 5.78 Å². The highest BCUT2D eigenvalue weighted by Crippen LogP contribution is 2.23. The third-order valence-corrected chi connectivity index (χ3v) is 2.56. The first-order valence-corrected chi connectivity index (χ1v) is 6.09. The molecular weight excluding hydrogens is 278 g/mol. The van der Waals surface area contributed by atoms with E-state index < -0.39 is 29.1 Å². The third-order valence-electron chi connectivity index (χ3n) is 2.36. The Morgan fingerprint density at radius 2 is 1.84 bits per heavy atom. The van der Waals surface area contributed by atoms with Crippen molar-refractivity contribution in [1.29, 1.82) is 0 Å². The quantitative estimate of drug-likeness (QED) is 0.473. The summed E-state index contributed by atoms with van der Waals surface area (Å²) in [7, 11) is 0. The molecule has 1 unspecified atom stereocenters. The van der Waals surface area contributed by atoms with Crippen LogP contribution < -0.4 is 0 Å². The summed E-state index contributed by atoms with van der Waals surface area (Å²) in [6.45, 7) is 3.15. The number of hydrogen-bond acceptors (Lipinski definition) is 3. The second-order valence-electron chi connectivity index (χ2n) is 3.85. The molecule has 0 aliphatic carbocycles. The predicted molar refractivity (Wildman–Crippen MR) is 67.0 cm³/mol. The highest BCUT2D eigenvalue weighted by Gasteiger charge is 2.19. The van der Waals surface area contributed by atoms with Crippen LogP contribution in [0.25, 0.3) is 0 Å². The zero-order valence-corrected chi connectivity index (χ0v) is 11.2. The highest BCUT2D eigenvalue weighted by molar-refractivity contribution is 6.33. The van der Waals surface area contributed by atoms with Crippen LogP contribution in [0.4, 0.5) is 8.78 Å². The van der Waals surface area contributed by atoms with Gasteiger partial charge in [0.25, 0.3) is 6.43 Å². The van der Waals surface area contributed by atoms with Crippen LogP contribution in [0.2, 0.25) is 0 Å². The number of alkyl halides is 3. The molecule has 0 heterocycles. The number of benzene rings is 1. The number of hydrogen-bond donors (Lipinski definition) is 0. The lowest BCUT2D eigenvalue weighted by atomic mass is 10.0. The Hall–Kier alpha value is -1.49. The summed E-state index contributed by atoms with van der Waals surface area (Å²) < 4.78 is 30.2. The second-order valence-corrected chi connectivity index (χ2v) is 4.50. The molecule has 0 N–H and O–H groups in total. The Bertz CT molecular complexity index is 487. The lowest BCUT2D eigenvalue weighted by Gasteiger charge is -2.09. The van der Waals surface area contributed by atoms with E-state index in [2.05, 4.69) is 0 Å². The number of halogens is 3. The molecule has 1 atom stereocenters. The fourth-order valence-electron chi connectivity index (χ4n) is 1.48. The number of esters is 1. The molecule has 0 aliphatic heterocycles. The van der Waals surface area contributed by atoms with Crippen LogP contribution in [0.15, 0.2) is 18.2 Å². The maximum Gasteiger partial charge on any atom is 0.338 e. The molecule has 1 rings (SSSR count). The van der Waals surface area contributed by atoms with Gasteiger partial charge in [0.05, 0.1) is 17.5 Å². The van der Waals surface area contributed by atoms with Gasteiger partial charge in [-0.2, -0.15) is 0 Å². The number of ether oxygens (including phenoxy) is 1. The van der Waals surface area contributed by atoms with Crippen LogP contribution in [0, 0.1) is 0 Å². The first-order valence-electron chi connectivity index (χ1n) is 5.65. The van der Waals surface area contributed by atoms with E-state index in [-0.39, 0.29) is 17.7 Å². The summed E-state index contributed by atoms with van der Waals surface area (Å²) >= 11 is 5.63. The molecule has 0 saturated heterocycles. The molecule has 0 radical (unpaired) electrons. The van der Waals surface area contributed by atoms with Crippen molar-refractivity contribution in [3.63, 3.8) is 0 Å². The van der Waals surface area contributed by atoms with Crippen LogP contribution in [-0.2, 0) is 4.74 Å². The van der Waals surface area contributed by atoms with Crippen LogP contribution in [0.1, 0.15) is 46.6 Å². The summed E-state index contributed by atoms with van der Waals surface area (Å²) in [5.74, 6) is -1.27. The molecule has 3 nitrogen and oxygen atoms in total. The SMILES string of the molecule is CCOC(=O)c1cc(C(=O)C(C)Cl)cc(C(F)F)c1. The lowest BCUT2D eigenvalue weighted by Crippen LogP contribution is -2.13. The van der Waals surface area contributed by atoms with E-state index >= 15 is 0 Å². The maximum absolute atomic E-state index is 12.7. The Kier molecular flexibility index (Phi) is 5.42. The molecule has 19 heavy (non-hydrogen) atoms. The average molecular weight is 291 g/mol. The van der Waals surface area contributed by atoms with Crippen molar-refractivity contribution in [2.24, 2.45) is 0 Å². The van der Waals surface area contributed by atoms with Gasteiger partial charge in [0, 0.05) is 11.1 Å². The normalized spacial score (nSPS) is 12.3. The zero-order valence-electron chi connectivity index (χ0n) is 10.5. The molecule has 0 aliphatic rings. The molecule has 0 bridgehead atoms. The molecule has 0 spiro atoms. The van der Waals surface area contributed by atoms with Crippen molar-refractivity contribution in [3.8, 4) is 0 Å². The van der Waals surface area contributed by atoms with Crippen molar-refractivity contribution in [3.05, 3.63) is 34.9 Å². The van der Waals surface area contributed by atoms with Crippen molar-refractivity contribution < 1.29 is 23.1 Å². The van der Waals surface area contributed by atoms with Crippen molar-refractivity contribution in [2.45, 2.75) is 25.7 Å². The zero-order chi connectivity index (χ0) is 14.6. The largest absolute Gasteiger partial charge is 0.462 e. The summed E-state index contributed by atoms with van der Waals surface area (Å²) in [5, 5.41) is -0.858. The molecule has 0 amide bonds. The Labute approximate surface area is 114 Å². The first kappa shape index (κ1) is 15.6. The van der Waals surface area contributed by atoms with E-state index in [9.17, 15) is 18.4 Å². The highest BCUT2D eigenvalue weighted by atomic mass is 35.5. The van der Waals surface area contributed by atoms with Gasteiger partial charge in [-0.05, 0) is 32.0 Å². The van der Waals surface area contributed by atoms with Gasteiger partial charge in [-0.15, -0.1) is 11.6 Å². The first-order chi connectivity index (χ1) is 8.86. The van der Waals surface area contributed by atoms with Gasteiger partial charge >= 0.3 is 5.97 Å². The van der Waals surface area contributed by atoms with E-state index in [0.29, 0.717) is 0 Å². The van der Waals surface area contributed by atoms with Crippen LogP contribution >= 0.6 is 11.6 Å². The maximum atomic E-state index is 12.7. The molecule has 0 fully saturated rings. The summed E-state index contributed by atoms with van der Waals surface area (Å²) in [5.41, 5.74) is -0.519. The number of Topliss-reactive ketones (excluding diaryl/α,β-unsaturated/α-hetero) is 1. The summed E-state index contributed by atoms with van der Waals surface area (Å²) in [6.07, 6.45) is -2.79. The number of ketones is 1. The standard InChI is InChI=1S/C13H13ClF2O3/c1-3-19-13(18)10-5-8(11(17)7(2)14)4-9(6-10)12(15)16/h4-7,12H,3H2,1-2H3.